The number of allylic oxidation sites excluding steroid dienone is 2. The predicted octanol–water partition coefficient (Wildman–Crippen LogP) is 13.5. The zero-order valence-corrected chi connectivity index (χ0v) is 30.8. The monoisotopic (exact) mass is 695 g/mol. The number of rotatable bonds is 6. The number of fused-ring (bicyclic) bond motifs is 7. The van der Waals surface area contributed by atoms with E-state index in [1.165, 1.54) is 61.2 Å². The van der Waals surface area contributed by atoms with Crippen LogP contribution in [0.4, 0.5) is 17.1 Å². The molecule has 0 spiro atoms. The first-order valence-corrected chi connectivity index (χ1v) is 19.0. The van der Waals surface area contributed by atoms with E-state index in [-0.39, 0.29) is 16.9 Å². The highest BCUT2D eigenvalue weighted by Gasteiger charge is 2.50. The van der Waals surface area contributed by atoms with Crippen molar-refractivity contribution < 1.29 is 4.74 Å². The van der Waals surface area contributed by atoms with E-state index in [9.17, 15) is 0 Å². The van der Waals surface area contributed by atoms with E-state index in [4.69, 9.17) is 4.74 Å². The molecule has 0 amide bonds. The van der Waals surface area contributed by atoms with Crippen molar-refractivity contribution in [1.82, 2.24) is 0 Å². The van der Waals surface area contributed by atoms with Gasteiger partial charge in [0.25, 0.3) is 0 Å². The summed E-state index contributed by atoms with van der Waals surface area (Å²) in [6.07, 6.45) is 6.67. The van der Waals surface area contributed by atoms with E-state index in [2.05, 4.69) is 214 Å². The smallest absolute Gasteiger partial charge is 0.137 e. The second kappa shape index (κ2) is 12.4. The molecule has 0 saturated carbocycles. The highest BCUT2D eigenvalue weighted by Crippen LogP contribution is 2.59. The summed E-state index contributed by atoms with van der Waals surface area (Å²) in [5.41, 5.74) is 16.7. The molecular weight excluding hydrogens is 655 g/mol. The molecule has 2 unspecified atom stereocenters. The van der Waals surface area contributed by atoms with Gasteiger partial charge >= 0.3 is 0 Å². The third kappa shape index (κ3) is 5.01. The summed E-state index contributed by atoms with van der Waals surface area (Å²) in [7, 11) is 0. The van der Waals surface area contributed by atoms with Crippen molar-refractivity contribution >= 4 is 22.6 Å². The highest BCUT2D eigenvalue weighted by molar-refractivity contribution is 5.89. The summed E-state index contributed by atoms with van der Waals surface area (Å²) in [5, 5.41) is 0. The third-order valence-electron chi connectivity index (χ3n) is 12.0. The SMILES string of the molecule is CC1(C)c2ccccc2-c2c1ccc1c2OC2C(c3ccc(N(c4ccc(-c5ccccc5)cc4)c4ccc(-c5ccccc5)cc4)cc3)=CC=CC12C. The van der Waals surface area contributed by atoms with Gasteiger partial charge in [-0.25, -0.2) is 0 Å². The van der Waals surface area contributed by atoms with Crippen molar-refractivity contribution in [3.8, 4) is 39.1 Å². The number of anilines is 3. The van der Waals surface area contributed by atoms with Crippen molar-refractivity contribution in [3.05, 3.63) is 210 Å². The molecule has 2 aliphatic carbocycles. The van der Waals surface area contributed by atoms with Crippen LogP contribution in [-0.4, -0.2) is 6.10 Å². The van der Waals surface area contributed by atoms with Gasteiger partial charge in [-0.3, -0.25) is 0 Å². The lowest BCUT2D eigenvalue weighted by molar-refractivity contribution is 0.238. The molecule has 0 saturated heterocycles. The van der Waals surface area contributed by atoms with Gasteiger partial charge in [-0.1, -0.05) is 166 Å². The fourth-order valence-corrected chi connectivity index (χ4v) is 9.06. The molecule has 0 aromatic heterocycles. The summed E-state index contributed by atoms with van der Waals surface area (Å²) in [6, 6.07) is 61.4. The van der Waals surface area contributed by atoms with E-state index in [0.717, 1.165) is 22.8 Å². The van der Waals surface area contributed by atoms with Gasteiger partial charge in [-0.2, -0.15) is 0 Å². The largest absolute Gasteiger partial charge is 0.483 e. The zero-order valence-electron chi connectivity index (χ0n) is 30.8. The third-order valence-corrected chi connectivity index (χ3v) is 12.0. The molecule has 260 valence electrons. The summed E-state index contributed by atoms with van der Waals surface area (Å²) >= 11 is 0. The molecule has 2 atom stereocenters. The maximum Gasteiger partial charge on any atom is 0.137 e. The Bertz CT molecular complexity index is 2500. The zero-order chi connectivity index (χ0) is 36.4. The first-order chi connectivity index (χ1) is 26.4. The standard InChI is InChI=1S/C52H41NO/c1-51(2)45-19-11-10-17-44(45)48-46(51)32-33-47-49(48)54-50-43(18-12-34-52(47,50)3)39-24-30-42(31-25-39)53(40-26-20-37(21-27-40)35-13-6-4-7-14-35)41-28-22-38(23-29-41)36-15-8-5-9-16-36/h4-34,50H,1-3H3. The summed E-state index contributed by atoms with van der Waals surface area (Å²) in [5.74, 6) is 1.04. The average Bonchev–Trinajstić information content (AvgIpc) is 3.66. The lowest BCUT2D eigenvalue weighted by Gasteiger charge is -2.32. The molecule has 7 aromatic carbocycles. The van der Waals surface area contributed by atoms with Crippen LogP contribution in [0.3, 0.4) is 0 Å². The Morgan fingerprint density at radius 1 is 0.463 bits per heavy atom. The normalized spacial score (nSPS) is 18.5. The second-order valence-corrected chi connectivity index (χ2v) is 15.5. The summed E-state index contributed by atoms with van der Waals surface area (Å²) in [4.78, 5) is 2.34. The number of hydrogen-bond donors (Lipinski definition) is 0. The maximum absolute atomic E-state index is 7.16. The molecule has 0 radical (unpaired) electrons. The Labute approximate surface area is 318 Å². The molecule has 2 nitrogen and oxygen atoms in total. The predicted molar refractivity (Wildman–Crippen MR) is 225 cm³/mol. The van der Waals surface area contributed by atoms with Gasteiger partial charge in [0.1, 0.15) is 11.9 Å². The molecule has 3 aliphatic rings. The fourth-order valence-electron chi connectivity index (χ4n) is 9.06. The molecule has 0 fully saturated rings. The average molecular weight is 696 g/mol. The van der Waals surface area contributed by atoms with Gasteiger partial charge in [-0.15, -0.1) is 0 Å². The van der Waals surface area contributed by atoms with Gasteiger partial charge in [0.15, 0.2) is 0 Å². The summed E-state index contributed by atoms with van der Waals surface area (Å²) in [6.45, 7) is 7.00. The molecule has 2 heteroatoms. The van der Waals surface area contributed by atoms with Crippen LogP contribution in [0.15, 0.2) is 188 Å². The van der Waals surface area contributed by atoms with E-state index < -0.39 is 0 Å². The molecule has 0 bridgehead atoms. The number of hydrogen-bond acceptors (Lipinski definition) is 2. The van der Waals surface area contributed by atoms with Crippen LogP contribution in [0.5, 0.6) is 5.75 Å². The van der Waals surface area contributed by atoms with Crippen LogP contribution < -0.4 is 9.64 Å². The lowest BCUT2D eigenvalue weighted by Crippen LogP contribution is -2.36. The van der Waals surface area contributed by atoms with E-state index >= 15 is 0 Å². The first kappa shape index (κ1) is 32.3. The Hall–Kier alpha value is -6.38. The van der Waals surface area contributed by atoms with Crippen LogP contribution in [0.1, 0.15) is 43.0 Å². The molecule has 54 heavy (non-hydrogen) atoms. The van der Waals surface area contributed by atoms with Crippen LogP contribution in [0.25, 0.3) is 39.0 Å². The van der Waals surface area contributed by atoms with Crippen LogP contribution in [0.2, 0.25) is 0 Å². The van der Waals surface area contributed by atoms with E-state index in [0.29, 0.717) is 0 Å². The van der Waals surface area contributed by atoms with Gasteiger partial charge in [0.2, 0.25) is 0 Å². The minimum atomic E-state index is -0.276. The van der Waals surface area contributed by atoms with Crippen molar-refractivity contribution in [1.29, 1.82) is 0 Å². The van der Waals surface area contributed by atoms with Gasteiger partial charge in [0, 0.05) is 39.2 Å². The lowest BCUT2D eigenvalue weighted by atomic mass is 9.71. The Morgan fingerprint density at radius 2 is 0.944 bits per heavy atom. The molecule has 1 heterocycles. The van der Waals surface area contributed by atoms with Gasteiger partial charge in [-0.05, 0) is 87.8 Å². The number of nitrogens with zero attached hydrogens (tertiary/aromatic N) is 1. The molecule has 0 N–H and O–H groups in total. The second-order valence-electron chi connectivity index (χ2n) is 15.5. The van der Waals surface area contributed by atoms with Crippen molar-refractivity contribution in [2.45, 2.75) is 37.7 Å². The highest BCUT2D eigenvalue weighted by atomic mass is 16.5. The molecular formula is C52H41NO. The Morgan fingerprint density at radius 3 is 1.52 bits per heavy atom. The first-order valence-electron chi connectivity index (χ1n) is 19.0. The molecule has 7 aromatic rings. The van der Waals surface area contributed by atoms with E-state index in [1.54, 1.807) is 0 Å². The van der Waals surface area contributed by atoms with Gasteiger partial charge < -0.3 is 9.64 Å². The number of ether oxygens (including phenoxy) is 1. The van der Waals surface area contributed by atoms with Crippen LogP contribution >= 0.6 is 0 Å². The molecule has 10 rings (SSSR count). The minimum absolute atomic E-state index is 0.0705. The van der Waals surface area contributed by atoms with Crippen molar-refractivity contribution in [2.75, 3.05) is 4.90 Å². The topological polar surface area (TPSA) is 12.5 Å². The Kier molecular flexibility index (Phi) is 7.39. The minimum Gasteiger partial charge on any atom is -0.483 e. The van der Waals surface area contributed by atoms with Crippen LogP contribution in [-0.2, 0) is 10.8 Å². The molecule has 1 aliphatic heterocycles. The summed E-state index contributed by atoms with van der Waals surface area (Å²) < 4.78 is 7.16. The van der Waals surface area contributed by atoms with Crippen molar-refractivity contribution in [3.63, 3.8) is 0 Å². The maximum atomic E-state index is 7.16. The van der Waals surface area contributed by atoms with Crippen LogP contribution in [0, 0.1) is 0 Å². The fraction of sp³-hybridized carbons (Fsp3) is 0.115. The van der Waals surface area contributed by atoms with E-state index in [1.807, 2.05) is 0 Å². The Balaban J connectivity index is 1.01. The number of benzene rings is 7. The quantitative estimate of drug-likeness (QED) is 0.172. The van der Waals surface area contributed by atoms with Gasteiger partial charge in [0.05, 0.1) is 5.41 Å². The van der Waals surface area contributed by atoms with Crippen molar-refractivity contribution in [2.24, 2.45) is 0 Å².